The third-order valence-corrected chi connectivity index (χ3v) is 3.42. The highest BCUT2D eigenvalue weighted by Crippen LogP contribution is 2.18. The fourth-order valence-electron chi connectivity index (χ4n) is 1.91. The van der Waals surface area contributed by atoms with Crippen LogP contribution in [0.15, 0.2) is 24.3 Å². The molecule has 0 saturated heterocycles. The number of carbonyl (C=O) groups is 4. The second-order valence-electron chi connectivity index (χ2n) is 8.53. The number of esters is 1. The summed E-state index contributed by atoms with van der Waals surface area (Å²) in [5.74, 6) is -1.69. The zero-order chi connectivity index (χ0) is 21.7. The molecule has 4 amide bonds. The Balaban J connectivity index is 2.72. The van der Waals surface area contributed by atoms with Crippen LogP contribution in [0.25, 0.3) is 0 Å². The van der Waals surface area contributed by atoms with Crippen molar-refractivity contribution < 1.29 is 23.9 Å². The van der Waals surface area contributed by atoms with Gasteiger partial charge in [-0.05, 0) is 45.9 Å². The molecular formula is C20H29N3O5. The first kappa shape index (κ1) is 23.1. The molecule has 8 nitrogen and oxygen atoms in total. The zero-order valence-electron chi connectivity index (χ0n) is 17.4. The summed E-state index contributed by atoms with van der Waals surface area (Å²) >= 11 is 0. The van der Waals surface area contributed by atoms with Gasteiger partial charge in [0.15, 0.2) is 6.10 Å². The van der Waals surface area contributed by atoms with Gasteiger partial charge in [0.05, 0.1) is 5.56 Å². The lowest BCUT2D eigenvalue weighted by atomic mass is 9.95. The van der Waals surface area contributed by atoms with Crippen molar-refractivity contribution in [1.29, 1.82) is 0 Å². The maximum absolute atomic E-state index is 12.3. The molecule has 0 aliphatic rings. The molecule has 3 N–H and O–H groups in total. The highest BCUT2D eigenvalue weighted by molar-refractivity contribution is 5.99. The predicted molar refractivity (Wildman–Crippen MR) is 106 cm³/mol. The summed E-state index contributed by atoms with van der Waals surface area (Å²) < 4.78 is 5.11. The van der Waals surface area contributed by atoms with Crippen molar-refractivity contribution in [3.8, 4) is 0 Å². The number of ether oxygens (including phenoxy) is 1. The molecule has 0 radical (unpaired) electrons. The van der Waals surface area contributed by atoms with Crippen molar-refractivity contribution >= 4 is 29.5 Å². The second kappa shape index (κ2) is 8.86. The molecule has 0 aromatic heterocycles. The molecule has 0 aliphatic heterocycles. The Morgan fingerprint density at radius 1 is 1.00 bits per heavy atom. The van der Waals surface area contributed by atoms with E-state index in [4.69, 9.17) is 4.74 Å². The van der Waals surface area contributed by atoms with E-state index >= 15 is 0 Å². The Labute approximate surface area is 165 Å². The number of amides is 4. The van der Waals surface area contributed by atoms with Gasteiger partial charge >= 0.3 is 12.0 Å². The number of rotatable bonds is 4. The Kier molecular flexibility index (Phi) is 7.32. The van der Waals surface area contributed by atoms with Gasteiger partial charge in [0.1, 0.15) is 0 Å². The first-order chi connectivity index (χ1) is 12.7. The number of nitrogens with one attached hydrogen (secondary N) is 3. The number of anilines is 1. The van der Waals surface area contributed by atoms with Gasteiger partial charge in [-0.3, -0.25) is 14.9 Å². The summed E-state index contributed by atoms with van der Waals surface area (Å²) in [6.07, 6.45) is -1.17. The van der Waals surface area contributed by atoms with Crippen molar-refractivity contribution in [3.63, 3.8) is 0 Å². The molecule has 1 aromatic rings. The van der Waals surface area contributed by atoms with Crippen LogP contribution in [0.5, 0.6) is 0 Å². The van der Waals surface area contributed by atoms with Crippen molar-refractivity contribution in [1.82, 2.24) is 10.6 Å². The second-order valence-corrected chi connectivity index (χ2v) is 8.53. The van der Waals surface area contributed by atoms with Gasteiger partial charge < -0.3 is 15.4 Å². The van der Waals surface area contributed by atoms with Crippen LogP contribution in [-0.2, 0) is 14.3 Å². The highest BCUT2D eigenvalue weighted by atomic mass is 16.5. The quantitative estimate of drug-likeness (QED) is 0.683. The lowest BCUT2D eigenvalue weighted by Crippen LogP contribution is -2.50. The van der Waals surface area contributed by atoms with E-state index in [1.807, 2.05) is 0 Å². The van der Waals surface area contributed by atoms with Crippen molar-refractivity contribution in [2.45, 2.75) is 60.1 Å². The van der Waals surface area contributed by atoms with Gasteiger partial charge in [-0.25, -0.2) is 9.59 Å². The van der Waals surface area contributed by atoms with E-state index in [1.54, 1.807) is 53.7 Å². The summed E-state index contributed by atoms with van der Waals surface area (Å²) in [6, 6.07) is 5.53. The van der Waals surface area contributed by atoms with Crippen LogP contribution in [0.4, 0.5) is 10.5 Å². The van der Waals surface area contributed by atoms with E-state index in [9.17, 15) is 19.2 Å². The van der Waals surface area contributed by atoms with Crippen LogP contribution >= 0.6 is 0 Å². The summed E-state index contributed by atoms with van der Waals surface area (Å²) in [5, 5.41) is 7.42. The van der Waals surface area contributed by atoms with E-state index in [0.29, 0.717) is 5.69 Å². The van der Waals surface area contributed by atoms with Gasteiger partial charge in [-0.1, -0.05) is 26.8 Å². The maximum Gasteiger partial charge on any atom is 0.338 e. The van der Waals surface area contributed by atoms with Gasteiger partial charge in [0.25, 0.3) is 5.91 Å². The maximum atomic E-state index is 12.3. The Bertz CT molecular complexity index is 760. The molecule has 0 saturated carbocycles. The molecule has 0 heterocycles. The molecule has 1 atom stereocenters. The monoisotopic (exact) mass is 391 g/mol. The molecule has 1 rings (SSSR count). The fraction of sp³-hybridized carbons (Fsp3) is 0.500. The van der Waals surface area contributed by atoms with Crippen LogP contribution in [0.3, 0.4) is 0 Å². The molecule has 8 heteroatoms. The molecule has 0 spiro atoms. The van der Waals surface area contributed by atoms with Gasteiger partial charge in [0, 0.05) is 16.6 Å². The highest BCUT2D eigenvalue weighted by Gasteiger charge is 2.24. The van der Waals surface area contributed by atoms with E-state index in [2.05, 4.69) is 16.0 Å². The number of urea groups is 1. The minimum absolute atomic E-state index is 0.172. The Morgan fingerprint density at radius 3 is 2.14 bits per heavy atom. The molecule has 0 aliphatic carbocycles. The first-order valence-corrected chi connectivity index (χ1v) is 8.94. The van der Waals surface area contributed by atoms with Gasteiger partial charge in [-0.15, -0.1) is 0 Å². The Morgan fingerprint density at radius 2 is 1.61 bits per heavy atom. The van der Waals surface area contributed by atoms with Crippen molar-refractivity contribution in [2.75, 3.05) is 5.32 Å². The minimum Gasteiger partial charge on any atom is -0.449 e. The Hall–Kier alpha value is -2.90. The average molecular weight is 391 g/mol. The fourth-order valence-corrected chi connectivity index (χ4v) is 1.91. The molecule has 1 aromatic carbocycles. The van der Waals surface area contributed by atoms with Crippen LogP contribution in [-0.4, -0.2) is 35.5 Å². The third-order valence-electron chi connectivity index (χ3n) is 3.42. The van der Waals surface area contributed by atoms with Crippen molar-refractivity contribution in [3.05, 3.63) is 29.8 Å². The number of benzene rings is 1. The van der Waals surface area contributed by atoms with Crippen LogP contribution in [0.1, 0.15) is 58.8 Å². The van der Waals surface area contributed by atoms with Crippen molar-refractivity contribution in [2.24, 2.45) is 5.41 Å². The number of hydrogen-bond donors (Lipinski definition) is 3. The van der Waals surface area contributed by atoms with Crippen LogP contribution in [0.2, 0.25) is 0 Å². The van der Waals surface area contributed by atoms with E-state index < -0.39 is 35.0 Å². The molecule has 0 fully saturated rings. The molecular weight excluding hydrogens is 362 g/mol. The van der Waals surface area contributed by atoms with E-state index in [0.717, 1.165) is 0 Å². The average Bonchev–Trinajstić information content (AvgIpc) is 2.52. The summed E-state index contributed by atoms with van der Waals surface area (Å²) in [5.41, 5.74) is -0.486. The SMILES string of the molecule is CC(OC(=O)c1cccc(NC(=O)C(C)(C)C)c1)C(=O)NC(=O)NC(C)(C)C. The first-order valence-electron chi connectivity index (χ1n) is 8.94. The summed E-state index contributed by atoms with van der Waals surface area (Å²) in [6.45, 7) is 12.0. The summed E-state index contributed by atoms with van der Waals surface area (Å²) in [7, 11) is 0. The smallest absolute Gasteiger partial charge is 0.338 e. The minimum atomic E-state index is -1.17. The lowest BCUT2D eigenvalue weighted by molar-refractivity contribution is -0.128. The largest absolute Gasteiger partial charge is 0.449 e. The standard InChI is InChI=1S/C20H29N3O5/c1-12(15(24)22-18(27)23-20(5,6)7)28-16(25)13-9-8-10-14(11-13)21-17(26)19(2,3)4/h8-12H,1-7H3,(H,21,26)(H2,22,23,24,27). The summed E-state index contributed by atoms with van der Waals surface area (Å²) in [4.78, 5) is 48.1. The molecule has 0 bridgehead atoms. The zero-order valence-corrected chi connectivity index (χ0v) is 17.4. The van der Waals surface area contributed by atoms with Crippen LogP contribution in [0, 0.1) is 5.41 Å². The van der Waals surface area contributed by atoms with Gasteiger partial charge in [0.2, 0.25) is 5.91 Å². The number of hydrogen-bond acceptors (Lipinski definition) is 5. The number of carbonyl (C=O) groups excluding carboxylic acids is 4. The topological polar surface area (TPSA) is 114 Å². The van der Waals surface area contributed by atoms with E-state index in [-0.39, 0.29) is 11.5 Å². The number of imide groups is 1. The van der Waals surface area contributed by atoms with Gasteiger partial charge in [-0.2, -0.15) is 0 Å². The third kappa shape index (κ3) is 7.77. The predicted octanol–water partition coefficient (Wildman–Crippen LogP) is 2.84. The molecule has 154 valence electrons. The normalized spacial score (nSPS) is 12.5. The lowest BCUT2D eigenvalue weighted by Gasteiger charge is -2.21. The van der Waals surface area contributed by atoms with E-state index in [1.165, 1.54) is 19.1 Å². The van der Waals surface area contributed by atoms with Crippen LogP contribution < -0.4 is 16.0 Å². The molecule has 28 heavy (non-hydrogen) atoms. The molecule has 1 unspecified atom stereocenters.